The molecule has 0 radical (unpaired) electrons. The summed E-state index contributed by atoms with van der Waals surface area (Å²) in [5.41, 5.74) is 1.60. The van der Waals surface area contributed by atoms with Gasteiger partial charge in [0.2, 0.25) is 0 Å². The van der Waals surface area contributed by atoms with Crippen molar-refractivity contribution in [1.82, 2.24) is 19.7 Å². The molecule has 1 aliphatic rings. The number of halogens is 2. The molecule has 0 aromatic carbocycles. The van der Waals surface area contributed by atoms with Gasteiger partial charge in [0.15, 0.2) is 0 Å². The lowest BCUT2D eigenvalue weighted by Crippen LogP contribution is -2.37. The quantitative estimate of drug-likeness (QED) is 0.715. The van der Waals surface area contributed by atoms with Gasteiger partial charge in [-0.3, -0.25) is 9.59 Å². The smallest absolute Gasteiger partial charge is 0.263 e. The SMILES string of the molecule is CCCCn1ncc(C)c1NC(=O)c1c(C)ccn(C2CCNCC2)c1=O.Cl.Cl. The number of hydrogen-bond acceptors (Lipinski definition) is 4. The maximum Gasteiger partial charge on any atom is 0.263 e. The molecule has 1 amide bonds. The molecule has 1 aliphatic heterocycles. The van der Waals surface area contributed by atoms with Gasteiger partial charge in [-0.2, -0.15) is 5.10 Å². The Morgan fingerprint density at radius 2 is 1.93 bits per heavy atom. The van der Waals surface area contributed by atoms with Crippen LogP contribution in [0.25, 0.3) is 0 Å². The van der Waals surface area contributed by atoms with Gasteiger partial charge in [0.1, 0.15) is 11.4 Å². The van der Waals surface area contributed by atoms with Crippen molar-refractivity contribution in [3.63, 3.8) is 0 Å². The van der Waals surface area contributed by atoms with Crippen LogP contribution in [0.3, 0.4) is 0 Å². The highest BCUT2D eigenvalue weighted by atomic mass is 35.5. The predicted octanol–water partition coefficient (Wildman–Crippen LogP) is 3.48. The molecule has 9 heteroatoms. The summed E-state index contributed by atoms with van der Waals surface area (Å²) in [6.07, 6.45) is 7.39. The van der Waals surface area contributed by atoms with E-state index in [0.717, 1.165) is 50.9 Å². The van der Waals surface area contributed by atoms with Crippen molar-refractivity contribution in [2.45, 2.75) is 59.0 Å². The third kappa shape index (κ3) is 5.62. The van der Waals surface area contributed by atoms with E-state index in [0.29, 0.717) is 11.4 Å². The molecule has 0 spiro atoms. The van der Waals surface area contributed by atoms with Crippen LogP contribution >= 0.6 is 24.8 Å². The Balaban J connectivity index is 0.00000210. The average Bonchev–Trinajstić information content (AvgIpc) is 3.00. The van der Waals surface area contributed by atoms with E-state index in [-0.39, 0.29) is 47.9 Å². The fourth-order valence-electron chi connectivity index (χ4n) is 3.58. The Morgan fingerprint density at radius 3 is 2.59 bits per heavy atom. The van der Waals surface area contributed by atoms with Crippen molar-refractivity contribution in [3.8, 4) is 0 Å². The molecule has 2 aromatic heterocycles. The highest BCUT2D eigenvalue weighted by Gasteiger charge is 2.22. The summed E-state index contributed by atoms with van der Waals surface area (Å²) in [5, 5.41) is 10.6. The monoisotopic (exact) mass is 443 g/mol. The molecule has 0 unspecified atom stereocenters. The molecule has 0 bridgehead atoms. The number of carbonyl (C=O) groups excluding carboxylic acids is 1. The van der Waals surface area contributed by atoms with Crippen molar-refractivity contribution in [2.75, 3.05) is 18.4 Å². The van der Waals surface area contributed by atoms with Crippen molar-refractivity contribution in [2.24, 2.45) is 0 Å². The fraction of sp³-hybridized carbons (Fsp3) is 0.550. The average molecular weight is 444 g/mol. The molecule has 1 saturated heterocycles. The number of nitrogens with one attached hydrogen (secondary N) is 2. The van der Waals surface area contributed by atoms with Gasteiger partial charge in [-0.15, -0.1) is 24.8 Å². The number of aromatic nitrogens is 3. The normalized spacial score (nSPS) is 14.0. The fourth-order valence-corrected chi connectivity index (χ4v) is 3.58. The van der Waals surface area contributed by atoms with Crippen LogP contribution in [0.4, 0.5) is 5.82 Å². The topological polar surface area (TPSA) is 81.0 Å². The summed E-state index contributed by atoms with van der Waals surface area (Å²) in [6.45, 7) is 8.36. The number of carbonyl (C=O) groups is 1. The van der Waals surface area contributed by atoms with Crippen LogP contribution in [0.15, 0.2) is 23.3 Å². The summed E-state index contributed by atoms with van der Waals surface area (Å²) >= 11 is 0. The van der Waals surface area contributed by atoms with Crippen LogP contribution in [0.1, 0.15) is 60.1 Å². The van der Waals surface area contributed by atoms with Gasteiger partial charge in [-0.25, -0.2) is 4.68 Å². The molecule has 2 aromatic rings. The molecule has 2 N–H and O–H groups in total. The summed E-state index contributed by atoms with van der Waals surface area (Å²) < 4.78 is 3.53. The van der Waals surface area contributed by atoms with E-state index < -0.39 is 0 Å². The number of rotatable bonds is 6. The summed E-state index contributed by atoms with van der Waals surface area (Å²) in [5.74, 6) is 0.312. The van der Waals surface area contributed by atoms with Crippen molar-refractivity contribution in [1.29, 1.82) is 0 Å². The first-order valence-corrected chi connectivity index (χ1v) is 9.79. The molecule has 7 nitrogen and oxygen atoms in total. The van der Waals surface area contributed by atoms with E-state index in [1.165, 1.54) is 0 Å². The highest BCUT2D eigenvalue weighted by molar-refractivity contribution is 6.04. The van der Waals surface area contributed by atoms with Crippen LogP contribution in [-0.2, 0) is 6.54 Å². The number of nitrogens with zero attached hydrogens (tertiary/aromatic N) is 3. The van der Waals surface area contributed by atoms with Gasteiger partial charge < -0.3 is 15.2 Å². The van der Waals surface area contributed by atoms with Gasteiger partial charge in [0, 0.05) is 24.3 Å². The molecule has 3 heterocycles. The Hall–Kier alpha value is -1.83. The third-order valence-corrected chi connectivity index (χ3v) is 5.23. The number of piperidine rings is 1. The Kier molecular flexibility index (Phi) is 9.89. The van der Waals surface area contributed by atoms with E-state index >= 15 is 0 Å². The molecule has 162 valence electrons. The van der Waals surface area contributed by atoms with Crippen molar-refractivity contribution >= 4 is 36.5 Å². The Labute approximate surface area is 184 Å². The largest absolute Gasteiger partial charge is 0.317 e. The summed E-state index contributed by atoms with van der Waals surface area (Å²) in [4.78, 5) is 26.0. The minimum absolute atomic E-state index is 0. The third-order valence-electron chi connectivity index (χ3n) is 5.23. The van der Waals surface area contributed by atoms with Crippen LogP contribution in [0.2, 0.25) is 0 Å². The molecular weight excluding hydrogens is 413 g/mol. The van der Waals surface area contributed by atoms with Crippen molar-refractivity contribution in [3.05, 3.63) is 45.5 Å². The molecule has 0 atom stereocenters. The van der Waals surface area contributed by atoms with Crippen LogP contribution in [0.5, 0.6) is 0 Å². The number of hydrogen-bond donors (Lipinski definition) is 2. The van der Waals surface area contributed by atoms with Gasteiger partial charge >= 0.3 is 0 Å². The first kappa shape index (κ1) is 25.2. The van der Waals surface area contributed by atoms with Gasteiger partial charge in [-0.05, 0) is 57.8 Å². The second-order valence-corrected chi connectivity index (χ2v) is 7.27. The van der Waals surface area contributed by atoms with E-state index in [1.54, 1.807) is 15.4 Å². The second kappa shape index (κ2) is 11.4. The maximum atomic E-state index is 13.1. The van der Waals surface area contributed by atoms with Gasteiger partial charge in [-0.1, -0.05) is 13.3 Å². The lowest BCUT2D eigenvalue weighted by molar-refractivity contribution is 0.102. The standard InChI is InChI=1S/C20H29N5O2.2ClH/c1-4-5-11-25-18(15(3)13-22-25)23-19(26)17-14(2)8-12-24(20(17)27)16-6-9-21-10-7-16;;/h8,12-13,16,21H,4-7,9-11H2,1-3H3,(H,23,26);2*1H. The van der Waals surface area contributed by atoms with Crippen LogP contribution in [0, 0.1) is 13.8 Å². The summed E-state index contributed by atoms with van der Waals surface area (Å²) in [6, 6.07) is 2.00. The Morgan fingerprint density at radius 1 is 1.24 bits per heavy atom. The number of unbranched alkanes of at least 4 members (excludes halogenated alkanes) is 1. The first-order valence-electron chi connectivity index (χ1n) is 9.79. The predicted molar refractivity (Wildman–Crippen MR) is 121 cm³/mol. The minimum atomic E-state index is -0.359. The zero-order valence-electron chi connectivity index (χ0n) is 17.2. The molecule has 1 fully saturated rings. The molecule has 0 aliphatic carbocycles. The number of anilines is 1. The number of pyridine rings is 1. The van der Waals surface area contributed by atoms with Crippen LogP contribution in [-0.4, -0.2) is 33.3 Å². The highest BCUT2D eigenvalue weighted by Crippen LogP contribution is 2.19. The molecule has 29 heavy (non-hydrogen) atoms. The van der Waals surface area contributed by atoms with E-state index in [1.807, 2.05) is 26.1 Å². The van der Waals surface area contributed by atoms with E-state index in [4.69, 9.17) is 0 Å². The molecule has 3 rings (SSSR count). The summed E-state index contributed by atoms with van der Waals surface area (Å²) in [7, 11) is 0. The number of aryl methyl sites for hydroxylation is 3. The first-order chi connectivity index (χ1) is 13.0. The van der Waals surface area contributed by atoms with Gasteiger partial charge in [0.05, 0.1) is 6.20 Å². The van der Waals surface area contributed by atoms with E-state index in [9.17, 15) is 9.59 Å². The second-order valence-electron chi connectivity index (χ2n) is 7.27. The molecule has 0 saturated carbocycles. The maximum absolute atomic E-state index is 13.1. The lowest BCUT2D eigenvalue weighted by atomic mass is 10.0. The zero-order chi connectivity index (χ0) is 19.4. The van der Waals surface area contributed by atoms with Gasteiger partial charge in [0.25, 0.3) is 11.5 Å². The lowest BCUT2D eigenvalue weighted by Gasteiger charge is -2.25. The van der Waals surface area contributed by atoms with Crippen molar-refractivity contribution < 1.29 is 4.79 Å². The van der Waals surface area contributed by atoms with Crippen LogP contribution < -0.4 is 16.2 Å². The number of amides is 1. The minimum Gasteiger partial charge on any atom is -0.317 e. The van der Waals surface area contributed by atoms with E-state index in [2.05, 4.69) is 22.7 Å². The zero-order valence-corrected chi connectivity index (χ0v) is 18.9. The Bertz CT molecular complexity index is 872. The molecular formula is C20H31Cl2N5O2.